The van der Waals surface area contributed by atoms with Crippen LogP contribution >= 0.6 is 58.2 Å². The molecule has 0 bridgehead atoms. The molecule has 0 fully saturated rings. The van der Waals surface area contributed by atoms with Crippen molar-refractivity contribution in [2.45, 2.75) is 51.4 Å². The van der Waals surface area contributed by atoms with Crippen LogP contribution in [0.2, 0.25) is 20.1 Å². The maximum absolute atomic E-state index is 13.3. The number of unbranched alkanes of at least 4 members (excludes halogenated alkanes) is 1. The Hall–Kier alpha value is -1.11. The number of nitrogens with one attached hydrogen (secondary N) is 1. The molecule has 2 aromatic rings. The molecule has 2 rings (SSSR count). The van der Waals surface area contributed by atoms with E-state index in [0.29, 0.717) is 44.4 Å². The van der Waals surface area contributed by atoms with Crippen molar-refractivity contribution < 1.29 is 9.59 Å². The first kappa shape index (κ1) is 28.1. The number of halogens is 4. The third kappa shape index (κ3) is 8.56. The molecule has 0 radical (unpaired) electrons. The van der Waals surface area contributed by atoms with Gasteiger partial charge in [-0.15, -0.1) is 11.8 Å². The summed E-state index contributed by atoms with van der Waals surface area (Å²) in [6, 6.07) is 9.88. The van der Waals surface area contributed by atoms with Crippen LogP contribution in [0.3, 0.4) is 0 Å². The van der Waals surface area contributed by atoms with Crippen LogP contribution in [0, 0.1) is 0 Å². The molecule has 0 aliphatic heterocycles. The summed E-state index contributed by atoms with van der Waals surface area (Å²) in [5.41, 5.74) is 1.52. The van der Waals surface area contributed by atoms with E-state index in [-0.39, 0.29) is 24.1 Å². The molecule has 1 N–H and O–H groups in total. The zero-order chi connectivity index (χ0) is 24.4. The van der Waals surface area contributed by atoms with Crippen molar-refractivity contribution in [2.24, 2.45) is 0 Å². The quantitative estimate of drug-likeness (QED) is 0.283. The van der Waals surface area contributed by atoms with Gasteiger partial charge >= 0.3 is 0 Å². The van der Waals surface area contributed by atoms with Gasteiger partial charge in [-0.3, -0.25) is 9.59 Å². The highest BCUT2D eigenvalue weighted by Gasteiger charge is 2.29. The Bertz CT molecular complexity index is 938. The average molecular weight is 550 g/mol. The summed E-state index contributed by atoms with van der Waals surface area (Å²) in [6.45, 7) is 4.67. The van der Waals surface area contributed by atoms with Crippen molar-refractivity contribution in [3.8, 4) is 0 Å². The summed E-state index contributed by atoms with van der Waals surface area (Å²) < 4.78 is 0. The first-order valence-electron chi connectivity index (χ1n) is 10.8. The van der Waals surface area contributed by atoms with Crippen molar-refractivity contribution >= 4 is 70.0 Å². The van der Waals surface area contributed by atoms with E-state index in [1.54, 1.807) is 35.2 Å². The van der Waals surface area contributed by atoms with Crippen molar-refractivity contribution in [1.29, 1.82) is 0 Å². The molecule has 180 valence electrons. The molecule has 4 nitrogen and oxygen atoms in total. The molecule has 0 saturated heterocycles. The van der Waals surface area contributed by atoms with Crippen LogP contribution in [-0.2, 0) is 21.9 Å². The molecule has 0 aromatic heterocycles. The molecule has 9 heteroatoms. The second-order valence-electron chi connectivity index (χ2n) is 7.52. The monoisotopic (exact) mass is 548 g/mol. The molecule has 2 aromatic carbocycles. The fourth-order valence-electron chi connectivity index (χ4n) is 3.25. The number of thioether (sulfide) groups is 1. The number of benzene rings is 2. The normalized spacial score (nSPS) is 11.8. The maximum atomic E-state index is 13.3. The fraction of sp³-hybridized carbons (Fsp3) is 0.417. The van der Waals surface area contributed by atoms with Gasteiger partial charge in [-0.2, -0.15) is 0 Å². The molecular weight excluding hydrogens is 522 g/mol. The Balaban J connectivity index is 2.18. The van der Waals surface area contributed by atoms with Gasteiger partial charge in [0.05, 0.1) is 5.75 Å². The summed E-state index contributed by atoms with van der Waals surface area (Å²) in [6.07, 6.45) is 2.32. The fourth-order valence-corrected chi connectivity index (χ4v) is 5.24. The van der Waals surface area contributed by atoms with Gasteiger partial charge in [0.15, 0.2) is 0 Å². The first-order valence-corrected chi connectivity index (χ1v) is 13.5. The standard InChI is InChI=1S/C24H28Cl4N2O2S/c1-3-5-11-29-24(32)22(4-2)30(13-18-19(26)7-6-8-20(18)27)23(31)15-33-14-16-9-10-17(25)12-21(16)28/h6-10,12,22H,3-5,11,13-15H2,1-2H3,(H,29,32). The smallest absolute Gasteiger partial charge is 0.242 e. The number of carbonyl (C=O) groups is 2. The largest absolute Gasteiger partial charge is 0.354 e. The number of amides is 2. The molecule has 0 spiro atoms. The summed E-state index contributed by atoms with van der Waals surface area (Å²) in [7, 11) is 0. The summed E-state index contributed by atoms with van der Waals surface area (Å²) in [4.78, 5) is 27.8. The Kier molecular flexibility index (Phi) is 12.2. The van der Waals surface area contributed by atoms with Crippen LogP contribution in [0.15, 0.2) is 36.4 Å². The zero-order valence-corrected chi connectivity index (χ0v) is 22.5. The Morgan fingerprint density at radius 2 is 1.73 bits per heavy atom. The molecule has 2 amide bonds. The van der Waals surface area contributed by atoms with Crippen LogP contribution < -0.4 is 5.32 Å². The predicted octanol–water partition coefficient (Wildman–Crippen LogP) is 7.26. The SMILES string of the molecule is CCCCNC(=O)C(CC)N(Cc1c(Cl)cccc1Cl)C(=O)CSCc1ccc(Cl)cc1Cl. The third-order valence-electron chi connectivity index (χ3n) is 5.10. The van der Waals surface area contributed by atoms with E-state index < -0.39 is 6.04 Å². The number of nitrogens with zero attached hydrogens (tertiary/aromatic N) is 1. The lowest BCUT2D eigenvalue weighted by atomic mass is 10.1. The van der Waals surface area contributed by atoms with E-state index in [9.17, 15) is 9.59 Å². The molecular formula is C24H28Cl4N2O2S. The van der Waals surface area contributed by atoms with Crippen LogP contribution in [0.1, 0.15) is 44.2 Å². The molecule has 1 unspecified atom stereocenters. The third-order valence-corrected chi connectivity index (χ3v) is 7.37. The minimum atomic E-state index is -0.624. The first-order chi connectivity index (χ1) is 15.8. The van der Waals surface area contributed by atoms with E-state index in [1.807, 2.05) is 13.0 Å². The van der Waals surface area contributed by atoms with Crippen molar-refractivity contribution in [3.63, 3.8) is 0 Å². The van der Waals surface area contributed by atoms with Gasteiger partial charge in [-0.05, 0) is 42.7 Å². The van der Waals surface area contributed by atoms with E-state index >= 15 is 0 Å². The van der Waals surface area contributed by atoms with Crippen LogP contribution in [0.5, 0.6) is 0 Å². The molecule has 33 heavy (non-hydrogen) atoms. The van der Waals surface area contributed by atoms with Gasteiger partial charge in [0.1, 0.15) is 6.04 Å². The number of hydrogen-bond acceptors (Lipinski definition) is 3. The Morgan fingerprint density at radius 3 is 2.33 bits per heavy atom. The van der Waals surface area contributed by atoms with Crippen LogP contribution in [0.25, 0.3) is 0 Å². The average Bonchev–Trinajstić information content (AvgIpc) is 2.77. The molecule has 0 aliphatic carbocycles. The van der Waals surface area contributed by atoms with Gasteiger partial charge in [0.25, 0.3) is 0 Å². The second kappa shape index (κ2) is 14.3. The topological polar surface area (TPSA) is 49.4 Å². The second-order valence-corrected chi connectivity index (χ2v) is 10.2. The molecule has 1 atom stereocenters. The number of carbonyl (C=O) groups excluding carboxylic acids is 2. The summed E-state index contributed by atoms with van der Waals surface area (Å²) in [5.74, 6) is 0.383. The lowest BCUT2D eigenvalue weighted by Crippen LogP contribution is -2.49. The maximum Gasteiger partial charge on any atom is 0.242 e. The van der Waals surface area contributed by atoms with E-state index in [1.165, 1.54) is 11.8 Å². The van der Waals surface area contributed by atoms with Gasteiger partial charge in [0, 0.05) is 44.5 Å². The number of hydrogen-bond donors (Lipinski definition) is 1. The summed E-state index contributed by atoms with van der Waals surface area (Å²) in [5, 5.41) is 4.99. The highest BCUT2D eigenvalue weighted by Crippen LogP contribution is 2.28. The molecule has 0 saturated carbocycles. The van der Waals surface area contributed by atoms with Crippen LogP contribution in [0.4, 0.5) is 0 Å². The lowest BCUT2D eigenvalue weighted by Gasteiger charge is -2.31. The van der Waals surface area contributed by atoms with E-state index in [0.717, 1.165) is 18.4 Å². The van der Waals surface area contributed by atoms with Crippen molar-refractivity contribution in [2.75, 3.05) is 12.3 Å². The Morgan fingerprint density at radius 1 is 1.03 bits per heavy atom. The summed E-state index contributed by atoms with van der Waals surface area (Å²) >= 11 is 26.4. The van der Waals surface area contributed by atoms with E-state index in [4.69, 9.17) is 46.4 Å². The molecule has 0 heterocycles. The van der Waals surface area contributed by atoms with Crippen molar-refractivity contribution in [3.05, 3.63) is 67.6 Å². The van der Waals surface area contributed by atoms with Gasteiger partial charge in [-0.25, -0.2) is 0 Å². The van der Waals surface area contributed by atoms with Gasteiger partial charge in [-0.1, -0.05) is 78.8 Å². The van der Waals surface area contributed by atoms with Crippen molar-refractivity contribution in [1.82, 2.24) is 10.2 Å². The Labute approximate surface area is 220 Å². The van der Waals surface area contributed by atoms with Gasteiger partial charge < -0.3 is 10.2 Å². The number of rotatable bonds is 12. The minimum Gasteiger partial charge on any atom is -0.354 e. The molecule has 0 aliphatic rings. The lowest BCUT2D eigenvalue weighted by molar-refractivity contribution is -0.139. The highest BCUT2D eigenvalue weighted by atomic mass is 35.5. The predicted molar refractivity (Wildman–Crippen MR) is 142 cm³/mol. The minimum absolute atomic E-state index is 0.152. The highest BCUT2D eigenvalue weighted by molar-refractivity contribution is 7.99. The van der Waals surface area contributed by atoms with Gasteiger partial charge in [0.2, 0.25) is 11.8 Å². The van der Waals surface area contributed by atoms with Crippen LogP contribution in [-0.4, -0.2) is 35.1 Å². The zero-order valence-electron chi connectivity index (χ0n) is 18.7. The van der Waals surface area contributed by atoms with E-state index in [2.05, 4.69) is 12.2 Å².